The third kappa shape index (κ3) is 1.42. The van der Waals surface area contributed by atoms with Gasteiger partial charge in [0.1, 0.15) is 6.54 Å². The second-order valence-corrected chi connectivity index (χ2v) is 2.51. The highest BCUT2D eigenvalue weighted by Crippen LogP contribution is 2.19. The first-order chi connectivity index (χ1) is 5.15. The van der Waals surface area contributed by atoms with Crippen molar-refractivity contribution in [2.24, 2.45) is 0 Å². The highest BCUT2D eigenvalue weighted by molar-refractivity contribution is 5.28. The van der Waals surface area contributed by atoms with Crippen LogP contribution in [-0.4, -0.2) is 10.2 Å². The van der Waals surface area contributed by atoms with Crippen LogP contribution in [0.3, 0.4) is 0 Å². The van der Waals surface area contributed by atoms with E-state index < -0.39 is 0 Å². The van der Waals surface area contributed by atoms with Crippen LogP contribution in [0.1, 0.15) is 12.5 Å². The fourth-order valence-corrected chi connectivity index (χ4v) is 1.01. The number of hydrogen-bond donors (Lipinski definition) is 2. The van der Waals surface area contributed by atoms with Crippen LogP contribution in [0.15, 0.2) is 12.3 Å². The summed E-state index contributed by atoms with van der Waals surface area (Å²) in [6.07, 6.45) is 1.79. The van der Waals surface area contributed by atoms with Crippen LogP contribution in [-0.2, 0) is 6.54 Å². The van der Waals surface area contributed by atoms with Gasteiger partial charge < -0.3 is 10.2 Å². The average Bonchev–Trinajstić information content (AvgIpc) is 1.96. The first-order valence-corrected chi connectivity index (χ1v) is 3.57. The molecule has 0 aliphatic rings. The van der Waals surface area contributed by atoms with E-state index in [-0.39, 0.29) is 11.6 Å². The van der Waals surface area contributed by atoms with E-state index >= 15 is 0 Å². The highest BCUT2D eigenvalue weighted by atomic mass is 16.3. The van der Waals surface area contributed by atoms with Crippen LogP contribution >= 0.6 is 0 Å². The summed E-state index contributed by atoms with van der Waals surface area (Å²) < 4.78 is 1.59. The summed E-state index contributed by atoms with van der Waals surface area (Å²) >= 11 is 0. The molecular weight excluding hydrogens is 142 g/mol. The Bertz CT molecular complexity index is 271. The van der Waals surface area contributed by atoms with Gasteiger partial charge in [-0.3, -0.25) is 0 Å². The van der Waals surface area contributed by atoms with E-state index in [1.807, 2.05) is 13.8 Å². The zero-order valence-electron chi connectivity index (χ0n) is 6.70. The topological polar surface area (TPSA) is 44.3 Å². The van der Waals surface area contributed by atoms with Gasteiger partial charge in [-0.15, -0.1) is 0 Å². The average molecular weight is 154 g/mol. The van der Waals surface area contributed by atoms with Crippen molar-refractivity contribution in [2.45, 2.75) is 20.4 Å². The molecule has 0 spiro atoms. The van der Waals surface area contributed by atoms with Gasteiger partial charge in [0.25, 0.3) is 0 Å². The van der Waals surface area contributed by atoms with Crippen molar-refractivity contribution in [3.8, 4) is 11.6 Å². The fraction of sp³-hybridized carbons (Fsp3) is 0.375. The van der Waals surface area contributed by atoms with Crippen molar-refractivity contribution >= 4 is 0 Å². The minimum Gasteiger partial charge on any atom is -0.500 e. The fourth-order valence-electron chi connectivity index (χ4n) is 1.01. The molecule has 1 aromatic rings. The van der Waals surface area contributed by atoms with Gasteiger partial charge in [-0.25, -0.2) is 0 Å². The first-order valence-electron chi connectivity index (χ1n) is 3.57. The summed E-state index contributed by atoms with van der Waals surface area (Å²) in [5.41, 5.74) is 0.933. The molecule has 0 fully saturated rings. The number of hydrogen-bond acceptors (Lipinski definition) is 2. The summed E-state index contributed by atoms with van der Waals surface area (Å²) in [6.45, 7) is 4.42. The van der Waals surface area contributed by atoms with Gasteiger partial charge >= 0.3 is 5.88 Å². The van der Waals surface area contributed by atoms with Crippen molar-refractivity contribution in [2.75, 3.05) is 0 Å². The second-order valence-electron chi connectivity index (χ2n) is 2.51. The number of aryl methyl sites for hydroxylation is 2. The summed E-state index contributed by atoms with van der Waals surface area (Å²) in [7, 11) is 0. The van der Waals surface area contributed by atoms with E-state index in [4.69, 9.17) is 5.11 Å². The van der Waals surface area contributed by atoms with E-state index in [1.165, 1.54) is 6.07 Å². The van der Waals surface area contributed by atoms with Gasteiger partial charge in [0.05, 0.1) is 0 Å². The van der Waals surface area contributed by atoms with Crippen LogP contribution in [0.4, 0.5) is 0 Å². The van der Waals surface area contributed by atoms with Crippen LogP contribution in [0.25, 0.3) is 0 Å². The van der Waals surface area contributed by atoms with Gasteiger partial charge in [-0.1, -0.05) is 0 Å². The minimum absolute atomic E-state index is 0.0631. The molecule has 0 aliphatic heterocycles. The van der Waals surface area contributed by atoms with Crippen LogP contribution in [0.2, 0.25) is 0 Å². The molecule has 0 saturated carbocycles. The van der Waals surface area contributed by atoms with Crippen LogP contribution in [0, 0.1) is 6.92 Å². The van der Waals surface area contributed by atoms with E-state index in [9.17, 15) is 5.11 Å². The molecule has 0 amide bonds. The van der Waals surface area contributed by atoms with Crippen molar-refractivity contribution in [1.82, 2.24) is 0 Å². The van der Waals surface area contributed by atoms with E-state index in [0.717, 1.165) is 5.56 Å². The molecule has 0 radical (unpaired) electrons. The lowest BCUT2D eigenvalue weighted by Gasteiger charge is -1.98. The SMILES string of the molecule is CC[n+]1cc(C)cc(O)c1O. The molecule has 60 valence electrons. The summed E-state index contributed by atoms with van der Waals surface area (Å²) in [6, 6.07) is 1.53. The molecule has 1 rings (SSSR count). The molecule has 0 bridgehead atoms. The Kier molecular flexibility index (Phi) is 1.98. The predicted octanol–water partition coefficient (Wildman–Crippen LogP) is 0.714. The van der Waals surface area contributed by atoms with E-state index in [1.54, 1.807) is 10.8 Å². The Morgan fingerprint density at radius 3 is 2.64 bits per heavy atom. The zero-order chi connectivity index (χ0) is 8.43. The standard InChI is InChI=1S/C8H11NO2/c1-3-9-5-6(2)4-7(10)8(9)11/h4-5,10H,3H2,1-2H3/p+1. The summed E-state index contributed by atoms with van der Waals surface area (Å²) in [4.78, 5) is 0. The highest BCUT2D eigenvalue weighted by Gasteiger charge is 2.12. The number of aromatic nitrogens is 1. The van der Waals surface area contributed by atoms with Gasteiger partial charge in [0.2, 0.25) is 5.75 Å². The van der Waals surface area contributed by atoms with E-state index in [2.05, 4.69) is 0 Å². The lowest BCUT2D eigenvalue weighted by atomic mass is 10.3. The number of pyridine rings is 1. The molecule has 0 saturated heterocycles. The molecule has 0 unspecified atom stereocenters. The summed E-state index contributed by atoms with van der Waals surface area (Å²) in [5, 5.41) is 18.4. The Labute approximate surface area is 65.5 Å². The van der Waals surface area contributed by atoms with Crippen molar-refractivity contribution in [3.05, 3.63) is 17.8 Å². The van der Waals surface area contributed by atoms with Gasteiger partial charge in [0.15, 0.2) is 6.20 Å². The third-order valence-corrected chi connectivity index (χ3v) is 1.57. The van der Waals surface area contributed by atoms with Crippen molar-refractivity contribution in [1.29, 1.82) is 0 Å². The zero-order valence-corrected chi connectivity index (χ0v) is 6.70. The van der Waals surface area contributed by atoms with Crippen molar-refractivity contribution in [3.63, 3.8) is 0 Å². The molecule has 1 aromatic heterocycles. The molecule has 0 aromatic carbocycles. The quantitative estimate of drug-likeness (QED) is 0.585. The number of nitrogens with zero attached hydrogens (tertiary/aromatic N) is 1. The lowest BCUT2D eigenvalue weighted by molar-refractivity contribution is -0.699. The third-order valence-electron chi connectivity index (χ3n) is 1.57. The largest absolute Gasteiger partial charge is 0.500 e. The maximum Gasteiger partial charge on any atom is 0.408 e. The molecule has 3 heteroatoms. The molecule has 0 aliphatic carbocycles. The van der Waals surface area contributed by atoms with E-state index in [0.29, 0.717) is 6.54 Å². The van der Waals surface area contributed by atoms with Crippen molar-refractivity contribution < 1.29 is 14.8 Å². The Hall–Kier alpha value is -1.25. The molecule has 11 heavy (non-hydrogen) atoms. The smallest absolute Gasteiger partial charge is 0.408 e. The second kappa shape index (κ2) is 2.78. The van der Waals surface area contributed by atoms with Gasteiger partial charge in [-0.05, 0) is 19.9 Å². The first kappa shape index (κ1) is 7.85. The Morgan fingerprint density at radius 2 is 2.09 bits per heavy atom. The monoisotopic (exact) mass is 154 g/mol. The maximum atomic E-state index is 9.23. The van der Waals surface area contributed by atoms with Gasteiger partial charge in [0, 0.05) is 5.56 Å². The molecular formula is C8H12NO2+. The molecule has 2 N–H and O–H groups in total. The normalized spacial score (nSPS) is 10.0. The molecule has 0 atom stereocenters. The number of rotatable bonds is 1. The van der Waals surface area contributed by atoms with Gasteiger partial charge in [-0.2, -0.15) is 4.57 Å². The maximum absolute atomic E-state index is 9.23. The predicted molar refractivity (Wildman–Crippen MR) is 40.4 cm³/mol. The molecule has 3 nitrogen and oxygen atoms in total. The minimum atomic E-state index is -0.0712. The Morgan fingerprint density at radius 1 is 1.45 bits per heavy atom. The Balaban J connectivity index is 3.24. The molecule has 1 heterocycles. The lowest BCUT2D eigenvalue weighted by Crippen LogP contribution is -2.32. The summed E-state index contributed by atoms with van der Waals surface area (Å²) in [5.74, 6) is -0.134. The number of aromatic hydroxyl groups is 2. The van der Waals surface area contributed by atoms with Crippen LogP contribution in [0.5, 0.6) is 11.6 Å². The van der Waals surface area contributed by atoms with Crippen LogP contribution < -0.4 is 4.57 Å².